The third-order valence-electron chi connectivity index (χ3n) is 0.927. The van der Waals surface area contributed by atoms with Crippen LogP contribution in [-0.4, -0.2) is 35.5 Å². The molecule has 0 aromatic rings. The number of aliphatic hydroxyl groups excluding tert-OH is 2. The van der Waals surface area contributed by atoms with Crippen LogP contribution in [-0.2, 0) is 0 Å². The van der Waals surface area contributed by atoms with Gasteiger partial charge in [0.2, 0.25) is 0 Å². The van der Waals surface area contributed by atoms with Crippen LogP contribution in [0.1, 0.15) is 0 Å². The van der Waals surface area contributed by atoms with Crippen molar-refractivity contribution in [2.75, 3.05) is 13.1 Å². The van der Waals surface area contributed by atoms with Crippen molar-refractivity contribution in [2.24, 2.45) is 11.5 Å². The van der Waals surface area contributed by atoms with Crippen molar-refractivity contribution in [2.45, 2.75) is 12.2 Å². The highest BCUT2D eigenvalue weighted by atomic mass is 79.9. The number of halogens is 2. The highest BCUT2D eigenvalue weighted by Crippen LogP contribution is 1.85. The van der Waals surface area contributed by atoms with Crippen molar-refractivity contribution in [3.05, 3.63) is 0 Å². The minimum absolute atomic E-state index is 0. The van der Waals surface area contributed by atoms with Crippen molar-refractivity contribution < 1.29 is 10.2 Å². The molecule has 0 fully saturated rings. The van der Waals surface area contributed by atoms with E-state index in [9.17, 15) is 0 Å². The molecule has 0 aliphatic carbocycles. The van der Waals surface area contributed by atoms with Crippen LogP contribution in [0.3, 0.4) is 0 Å². The van der Waals surface area contributed by atoms with E-state index < -0.39 is 12.2 Å². The smallest absolute Gasteiger partial charge is 0.0933 e. The first-order valence-electron chi connectivity index (χ1n) is 2.48. The van der Waals surface area contributed by atoms with Gasteiger partial charge >= 0.3 is 0 Å². The highest BCUT2D eigenvalue weighted by molar-refractivity contribution is 8.93. The van der Waals surface area contributed by atoms with E-state index in [1.807, 2.05) is 0 Å². The van der Waals surface area contributed by atoms with Gasteiger partial charge in [0, 0.05) is 13.1 Å². The van der Waals surface area contributed by atoms with Crippen molar-refractivity contribution in [1.82, 2.24) is 0 Å². The number of hydrogen-bond donors (Lipinski definition) is 4. The Balaban J connectivity index is -0.000000245. The topological polar surface area (TPSA) is 92.5 Å². The fourth-order valence-electron chi connectivity index (χ4n) is 0.314. The average Bonchev–Trinajstić information content (AvgIpc) is 1.84. The van der Waals surface area contributed by atoms with Crippen LogP contribution in [0.2, 0.25) is 0 Å². The summed E-state index contributed by atoms with van der Waals surface area (Å²) in [7, 11) is 0. The molecule has 0 amide bonds. The van der Waals surface area contributed by atoms with Gasteiger partial charge in [-0.1, -0.05) is 0 Å². The van der Waals surface area contributed by atoms with Gasteiger partial charge in [-0.25, -0.2) is 0 Å². The van der Waals surface area contributed by atoms with Gasteiger partial charge in [0.1, 0.15) is 0 Å². The second-order valence-electron chi connectivity index (χ2n) is 1.61. The van der Waals surface area contributed by atoms with Gasteiger partial charge in [-0.05, 0) is 0 Å². The molecule has 0 aromatic heterocycles. The molecule has 0 heterocycles. The highest BCUT2D eigenvalue weighted by Gasteiger charge is 2.10. The van der Waals surface area contributed by atoms with E-state index in [0.29, 0.717) is 0 Å². The van der Waals surface area contributed by atoms with Gasteiger partial charge in [-0.2, -0.15) is 0 Å². The lowest BCUT2D eigenvalue weighted by Gasteiger charge is -2.12. The summed E-state index contributed by atoms with van der Waals surface area (Å²) in [4.78, 5) is 0. The molecule has 0 rings (SSSR count). The van der Waals surface area contributed by atoms with E-state index >= 15 is 0 Å². The lowest BCUT2D eigenvalue weighted by Crippen LogP contribution is -2.38. The molecule has 10 heavy (non-hydrogen) atoms. The van der Waals surface area contributed by atoms with Crippen molar-refractivity contribution in [3.63, 3.8) is 0 Å². The molecule has 0 aromatic carbocycles. The van der Waals surface area contributed by atoms with Gasteiger partial charge < -0.3 is 21.7 Å². The Hall–Kier alpha value is 0.800. The first-order chi connectivity index (χ1) is 3.72. The van der Waals surface area contributed by atoms with E-state index in [4.69, 9.17) is 21.7 Å². The van der Waals surface area contributed by atoms with E-state index in [-0.39, 0.29) is 47.1 Å². The normalized spacial score (nSPS) is 14.4. The lowest BCUT2D eigenvalue weighted by molar-refractivity contribution is 0.0312. The zero-order valence-electron chi connectivity index (χ0n) is 5.43. The molecule has 0 aliphatic rings. The van der Waals surface area contributed by atoms with Crippen LogP contribution in [0.25, 0.3) is 0 Å². The standard InChI is InChI=1S/C4H12N2O2.2BrH/c5-1-3(7)4(8)2-6;;/h3-4,7-8H,1-2,5-6H2;2*1H. The van der Waals surface area contributed by atoms with Gasteiger partial charge in [-0.15, -0.1) is 34.0 Å². The van der Waals surface area contributed by atoms with Crippen LogP contribution in [0, 0.1) is 0 Å². The number of hydrogen-bond acceptors (Lipinski definition) is 4. The van der Waals surface area contributed by atoms with Gasteiger partial charge in [0.05, 0.1) is 12.2 Å². The van der Waals surface area contributed by atoms with Crippen LogP contribution in [0.15, 0.2) is 0 Å². The predicted octanol–water partition coefficient (Wildman–Crippen LogP) is -1.22. The second kappa shape index (κ2) is 9.80. The van der Waals surface area contributed by atoms with E-state index in [1.54, 1.807) is 0 Å². The van der Waals surface area contributed by atoms with Crippen molar-refractivity contribution >= 4 is 34.0 Å². The summed E-state index contributed by atoms with van der Waals surface area (Å²) < 4.78 is 0. The van der Waals surface area contributed by atoms with Crippen LogP contribution >= 0.6 is 34.0 Å². The number of aliphatic hydroxyl groups is 2. The monoisotopic (exact) mass is 280 g/mol. The molecule has 0 saturated carbocycles. The lowest BCUT2D eigenvalue weighted by atomic mass is 10.2. The average molecular weight is 282 g/mol. The van der Waals surface area contributed by atoms with Gasteiger partial charge in [0.25, 0.3) is 0 Å². The second-order valence-corrected chi connectivity index (χ2v) is 1.61. The zero-order valence-corrected chi connectivity index (χ0v) is 8.86. The largest absolute Gasteiger partial charge is 0.389 e. The molecule has 4 nitrogen and oxygen atoms in total. The van der Waals surface area contributed by atoms with E-state index in [1.165, 1.54) is 0 Å². The maximum Gasteiger partial charge on any atom is 0.0933 e. The zero-order chi connectivity index (χ0) is 6.57. The summed E-state index contributed by atoms with van der Waals surface area (Å²) in [6, 6.07) is 0. The van der Waals surface area contributed by atoms with Crippen molar-refractivity contribution in [1.29, 1.82) is 0 Å². The van der Waals surface area contributed by atoms with Gasteiger partial charge in [-0.3, -0.25) is 0 Å². The van der Waals surface area contributed by atoms with Crippen LogP contribution in [0.5, 0.6) is 0 Å². The first-order valence-corrected chi connectivity index (χ1v) is 2.48. The first kappa shape index (κ1) is 17.0. The summed E-state index contributed by atoms with van der Waals surface area (Å²) in [6.07, 6.45) is -1.75. The fraction of sp³-hybridized carbons (Fsp3) is 1.00. The van der Waals surface area contributed by atoms with Gasteiger partial charge in [0.15, 0.2) is 0 Å². The molecule has 6 N–H and O–H groups in total. The molecule has 0 saturated heterocycles. The molecule has 0 aliphatic heterocycles. The molecule has 0 bridgehead atoms. The summed E-state index contributed by atoms with van der Waals surface area (Å²) in [5.74, 6) is 0. The predicted molar refractivity (Wildman–Crippen MR) is 50.8 cm³/mol. The summed E-state index contributed by atoms with van der Waals surface area (Å²) in [6.45, 7) is 0.108. The third-order valence-corrected chi connectivity index (χ3v) is 0.927. The Morgan fingerprint density at radius 1 is 0.900 bits per heavy atom. The number of rotatable bonds is 3. The minimum atomic E-state index is -0.875. The molecule has 0 radical (unpaired) electrons. The Morgan fingerprint density at radius 3 is 1.20 bits per heavy atom. The Labute approximate surface area is 81.1 Å². The SMILES string of the molecule is Br.Br.NCC(O)C(O)CN. The molecule has 0 spiro atoms. The maximum absolute atomic E-state index is 8.67. The molecule has 2 unspecified atom stereocenters. The molecular formula is C4H14Br2N2O2. The van der Waals surface area contributed by atoms with E-state index in [0.717, 1.165) is 0 Å². The summed E-state index contributed by atoms with van der Waals surface area (Å²) in [5.41, 5.74) is 9.97. The molecule has 2 atom stereocenters. The van der Waals surface area contributed by atoms with E-state index in [2.05, 4.69) is 0 Å². The quantitative estimate of drug-likeness (QED) is 0.522. The minimum Gasteiger partial charge on any atom is -0.389 e. The summed E-state index contributed by atoms with van der Waals surface area (Å²) in [5, 5.41) is 17.3. The molecular weight excluding hydrogens is 268 g/mol. The van der Waals surface area contributed by atoms with Crippen LogP contribution < -0.4 is 11.5 Å². The van der Waals surface area contributed by atoms with Crippen LogP contribution in [0.4, 0.5) is 0 Å². The summed E-state index contributed by atoms with van der Waals surface area (Å²) >= 11 is 0. The number of nitrogens with two attached hydrogens (primary N) is 2. The van der Waals surface area contributed by atoms with Crippen molar-refractivity contribution in [3.8, 4) is 0 Å². The molecule has 66 valence electrons. The Kier molecular flexibility index (Phi) is 16.7. The molecule has 6 heteroatoms. The Bertz CT molecular complexity index is 59.2. The Morgan fingerprint density at radius 2 is 1.10 bits per heavy atom. The fourth-order valence-corrected chi connectivity index (χ4v) is 0.314. The third kappa shape index (κ3) is 6.91. The maximum atomic E-state index is 8.67.